The average molecular weight is 294 g/mol. The van der Waals surface area contributed by atoms with Crippen molar-refractivity contribution in [1.82, 2.24) is 9.55 Å². The number of nitrogens with zero attached hydrogens (tertiary/aromatic N) is 2. The molecule has 0 atom stereocenters. The lowest BCUT2D eigenvalue weighted by molar-refractivity contribution is 0.410. The Bertz CT molecular complexity index is 897. The van der Waals surface area contributed by atoms with E-state index in [1.54, 1.807) is 31.1 Å². The summed E-state index contributed by atoms with van der Waals surface area (Å²) in [5.41, 5.74) is 3.16. The highest BCUT2D eigenvalue weighted by atomic mass is 16.5. The molecule has 0 aliphatic rings. The highest BCUT2D eigenvalue weighted by molar-refractivity contribution is 5.95. The summed E-state index contributed by atoms with van der Waals surface area (Å²) < 4.78 is 7.08. The summed E-state index contributed by atoms with van der Waals surface area (Å²) in [4.78, 5) is 16.3. The van der Waals surface area contributed by atoms with E-state index in [4.69, 9.17) is 4.74 Å². The maximum Gasteiger partial charge on any atom is 0.259 e. The third-order valence-electron chi connectivity index (χ3n) is 3.96. The summed E-state index contributed by atoms with van der Waals surface area (Å²) >= 11 is 0. The standard InChI is InChI=1S/C18H18N2O2/c1-4-12-5-6-13(9-17(12)22-3)16-11-20(2)18(21)15-10-19-8-7-14(15)16/h5-11H,4H2,1-3H3. The van der Waals surface area contributed by atoms with Crippen LogP contribution in [0.3, 0.4) is 0 Å². The van der Waals surface area contributed by atoms with E-state index in [1.807, 2.05) is 18.3 Å². The third kappa shape index (κ3) is 2.26. The molecule has 22 heavy (non-hydrogen) atoms. The Labute approximate surface area is 129 Å². The molecular weight excluding hydrogens is 276 g/mol. The van der Waals surface area contributed by atoms with Gasteiger partial charge in [0.15, 0.2) is 0 Å². The summed E-state index contributed by atoms with van der Waals surface area (Å²) in [6.45, 7) is 2.10. The number of hydrogen-bond donors (Lipinski definition) is 0. The molecule has 0 saturated heterocycles. The molecule has 0 N–H and O–H groups in total. The van der Waals surface area contributed by atoms with Crippen LogP contribution in [0.25, 0.3) is 21.9 Å². The van der Waals surface area contributed by atoms with Gasteiger partial charge in [0.05, 0.1) is 12.5 Å². The monoisotopic (exact) mass is 294 g/mol. The molecule has 0 radical (unpaired) electrons. The fourth-order valence-corrected chi connectivity index (χ4v) is 2.75. The topological polar surface area (TPSA) is 44.1 Å². The second-order valence-corrected chi connectivity index (χ2v) is 5.26. The van der Waals surface area contributed by atoms with Crippen molar-refractivity contribution in [3.8, 4) is 16.9 Å². The van der Waals surface area contributed by atoms with Crippen LogP contribution < -0.4 is 10.3 Å². The van der Waals surface area contributed by atoms with Crippen molar-refractivity contribution in [2.45, 2.75) is 13.3 Å². The van der Waals surface area contributed by atoms with E-state index < -0.39 is 0 Å². The molecule has 1 aromatic carbocycles. The minimum absolute atomic E-state index is 0.0380. The number of pyridine rings is 2. The van der Waals surface area contributed by atoms with Gasteiger partial charge in [-0.2, -0.15) is 0 Å². The van der Waals surface area contributed by atoms with E-state index in [0.29, 0.717) is 5.39 Å². The van der Waals surface area contributed by atoms with Gasteiger partial charge in [0.2, 0.25) is 0 Å². The normalized spacial score (nSPS) is 10.9. The SMILES string of the molecule is CCc1ccc(-c2cn(C)c(=O)c3cnccc23)cc1OC. The van der Waals surface area contributed by atoms with Gasteiger partial charge < -0.3 is 9.30 Å². The van der Waals surface area contributed by atoms with Crippen molar-refractivity contribution in [1.29, 1.82) is 0 Å². The Balaban J connectivity index is 2.31. The van der Waals surface area contributed by atoms with Gasteiger partial charge in [0, 0.05) is 31.2 Å². The molecule has 3 aromatic rings. The first-order valence-electron chi connectivity index (χ1n) is 7.26. The second kappa shape index (κ2) is 5.64. The van der Waals surface area contributed by atoms with Crippen LogP contribution >= 0.6 is 0 Å². The minimum Gasteiger partial charge on any atom is -0.496 e. The predicted octanol–water partition coefficient (Wildman–Crippen LogP) is 3.17. The Hall–Kier alpha value is -2.62. The first kappa shape index (κ1) is 14.3. The molecule has 3 rings (SSSR count). The van der Waals surface area contributed by atoms with E-state index >= 15 is 0 Å². The molecule has 0 saturated carbocycles. The van der Waals surface area contributed by atoms with Crippen LogP contribution in [0.4, 0.5) is 0 Å². The largest absolute Gasteiger partial charge is 0.496 e. The fourth-order valence-electron chi connectivity index (χ4n) is 2.75. The number of benzene rings is 1. The van der Waals surface area contributed by atoms with Crippen molar-refractivity contribution in [3.05, 3.63) is 58.8 Å². The van der Waals surface area contributed by atoms with Crippen LogP contribution in [-0.2, 0) is 13.5 Å². The first-order chi connectivity index (χ1) is 10.7. The van der Waals surface area contributed by atoms with E-state index in [0.717, 1.165) is 28.7 Å². The number of hydrogen-bond acceptors (Lipinski definition) is 3. The van der Waals surface area contributed by atoms with Gasteiger partial charge in [-0.05, 0) is 35.1 Å². The van der Waals surface area contributed by atoms with Gasteiger partial charge in [0.25, 0.3) is 5.56 Å². The number of ether oxygens (including phenoxy) is 1. The van der Waals surface area contributed by atoms with Crippen LogP contribution in [-0.4, -0.2) is 16.7 Å². The summed E-state index contributed by atoms with van der Waals surface area (Å²) in [6, 6.07) is 8.05. The molecular formula is C18H18N2O2. The molecule has 0 unspecified atom stereocenters. The Morgan fingerprint density at radius 1 is 1.23 bits per heavy atom. The van der Waals surface area contributed by atoms with Crippen molar-refractivity contribution in [2.24, 2.45) is 7.05 Å². The van der Waals surface area contributed by atoms with Crippen LogP contribution in [0.1, 0.15) is 12.5 Å². The van der Waals surface area contributed by atoms with Crippen LogP contribution in [0.2, 0.25) is 0 Å². The summed E-state index contributed by atoms with van der Waals surface area (Å²) in [5.74, 6) is 0.871. The molecule has 2 heterocycles. The van der Waals surface area contributed by atoms with Crippen molar-refractivity contribution in [2.75, 3.05) is 7.11 Å². The van der Waals surface area contributed by atoms with Gasteiger partial charge >= 0.3 is 0 Å². The van der Waals surface area contributed by atoms with Crippen LogP contribution in [0, 0.1) is 0 Å². The van der Waals surface area contributed by atoms with Gasteiger partial charge in [-0.3, -0.25) is 9.78 Å². The quantitative estimate of drug-likeness (QED) is 0.745. The lowest BCUT2D eigenvalue weighted by Gasteiger charge is -2.12. The Morgan fingerprint density at radius 2 is 2.05 bits per heavy atom. The van der Waals surface area contributed by atoms with Gasteiger partial charge in [-0.1, -0.05) is 19.1 Å². The molecule has 0 fully saturated rings. The molecule has 0 amide bonds. The average Bonchev–Trinajstić information content (AvgIpc) is 2.57. The molecule has 2 aromatic heterocycles. The van der Waals surface area contributed by atoms with E-state index in [2.05, 4.69) is 24.0 Å². The van der Waals surface area contributed by atoms with Gasteiger partial charge in [0.1, 0.15) is 5.75 Å². The number of aryl methyl sites for hydroxylation is 2. The lowest BCUT2D eigenvalue weighted by Crippen LogP contribution is -2.16. The maximum absolute atomic E-state index is 12.2. The Morgan fingerprint density at radius 3 is 2.77 bits per heavy atom. The number of aromatic nitrogens is 2. The fraction of sp³-hybridized carbons (Fsp3) is 0.222. The second-order valence-electron chi connectivity index (χ2n) is 5.26. The molecule has 0 aliphatic carbocycles. The Kier molecular flexibility index (Phi) is 3.67. The van der Waals surface area contributed by atoms with E-state index in [1.165, 1.54) is 5.56 Å². The number of methoxy groups -OCH3 is 1. The molecule has 0 bridgehead atoms. The molecule has 0 aliphatic heterocycles. The van der Waals surface area contributed by atoms with Crippen molar-refractivity contribution < 1.29 is 4.74 Å². The van der Waals surface area contributed by atoms with E-state index in [-0.39, 0.29) is 5.56 Å². The zero-order valence-electron chi connectivity index (χ0n) is 13.0. The summed E-state index contributed by atoms with van der Waals surface area (Å²) in [7, 11) is 3.44. The smallest absolute Gasteiger partial charge is 0.259 e. The van der Waals surface area contributed by atoms with Crippen molar-refractivity contribution >= 4 is 10.8 Å². The summed E-state index contributed by atoms with van der Waals surface area (Å²) in [5, 5.41) is 1.53. The minimum atomic E-state index is -0.0380. The molecule has 0 spiro atoms. The van der Waals surface area contributed by atoms with E-state index in [9.17, 15) is 4.79 Å². The molecule has 4 heteroatoms. The third-order valence-corrected chi connectivity index (χ3v) is 3.96. The number of fused-ring (bicyclic) bond motifs is 1. The lowest BCUT2D eigenvalue weighted by atomic mass is 9.99. The number of rotatable bonds is 3. The van der Waals surface area contributed by atoms with Crippen molar-refractivity contribution in [3.63, 3.8) is 0 Å². The zero-order chi connectivity index (χ0) is 15.7. The van der Waals surface area contributed by atoms with Crippen LogP contribution in [0.15, 0.2) is 47.7 Å². The highest BCUT2D eigenvalue weighted by Crippen LogP contribution is 2.31. The molecule has 112 valence electrons. The first-order valence-corrected chi connectivity index (χ1v) is 7.26. The van der Waals surface area contributed by atoms with Gasteiger partial charge in [-0.15, -0.1) is 0 Å². The predicted molar refractivity (Wildman–Crippen MR) is 88.4 cm³/mol. The van der Waals surface area contributed by atoms with Gasteiger partial charge in [-0.25, -0.2) is 0 Å². The maximum atomic E-state index is 12.2. The summed E-state index contributed by atoms with van der Waals surface area (Å²) in [6.07, 6.45) is 6.12. The molecule has 4 nitrogen and oxygen atoms in total. The highest BCUT2D eigenvalue weighted by Gasteiger charge is 2.11. The van der Waals surface area contributed by atoms with Crippen LogP contribution in [0.5, 0.6) is 5.75 Å². The zero-order valence-corrected chi connectivity index (χ0v) is 13.0.